The summed E-state index contributed by atoms with van der Waals surface area (Å²) in [4.78, 5) is 29.2. The number of benzene rings is 2. The van der Waals surface area contributed by atoms with E-state index in [2.05, 4.69) is 9.88 Å². The first kappa shape index (κ1) is 18.0. The van der Waals surface area contributed by atoms with Crippen LogP contribution >= 0.6 is 0 Å². The summed E-state index contributed by atoms with van der Waals surface area (Å²) < 4.78 is 10.6. The number of hydrogen-bond donors (Lipinski definition) is 0. The highest BCUT2D eigenvalue weighted by Crippen LogP contribution is 2.33. The van der Waals surface area contributed by atoms with Crippen LogP contribution in [0.15, 0.2) is 46.9 Å². The number of rotatable bonds is 4. The van der Waals surface area contributed by atoms with Gasteiger partial charge in [-0.05, 0) is 37.1 Å². The largest absolute Gasteiger partial charge is 0.465 e. The van der Waals surface area contributed by atoms with E-state index < -0.39 is 10.9 Å². The zero-order chi connectivity index (χ0) is 19.7. The molecule has 0 amide bonds. The van der Waals surface area contributed by atoms with E-state index in [1.54, 1.807) is 6.07 Å². The van der Waals surface area contributed by atoms with Crippen LogP contribution in [0, 0.1) is 10.1 Å². The molecule has 0 spiro atoms. The molecular formula is C20H19N3O5. The molecule has 1 saturated heterocycles. The third-order valence-electron chi connectivity index (χ3n) is 5.10. The molecular weight excluding hydrogens is 362 g/mol. The normalized spacial score (nSPS) is 15.0. The van der Waals surface area contributed by atoms with Crippen molar-refractivity contribution < 1.29 is 18.9 Å². The number of piperidine rings is 1. The second-order valence-corrected chi connectivity index (χ2v) is 6.73. The van der Waals surface area contributed by atoms with Gasteiger partial charge < -0.3 is 14.1 Å². The molecule has 3 aromatic rings. The van der Waals surface area contributed by atoms with Gasteiger partial charge in [0.05, 0.1) is 12.0 Å². The number of nitro groups is 1. The van der Waals surface area contributed by atoms with Crippen LogP contribution in [0.25, 0.3) is 11.1 Å². The Kier molecular flexibility index (Phi) is 4.68. The molecule has 1 aliphatic heterocycles. The number of nitro benzene ring substituents is 1. The maximum absolute atomic E-state index is 11.9. The highest BCUT2D eigenvalue weighted by atomic mass is 16.6. The fourth-order valence-electron chi connectivity index (χ4n) is 3.60. The molecule has 2 heterocycles. The first-order valence-electron chi connectivity index (χ1n) is 9.04. The molecule has 2 aromatic carbocycles. The van der Waals surface area contributed by atoms with Gasteiger partial charge in [0.2, 0.25) is 0 Å². The lowest BCUT2D eigenvalue weighted by atomic mass is 9.96. The van der Waals surface area contributed by atoms with Crippen molar-refractivity contribution in [3.63, 3.8) is 0 Å². The quantitative estimate of drug-likeness (QED) is 0.384. The fraction of sp³-hybridized carbons (Fsp3) is 0.300. The summed E-state index contributed by atoms with van der Waals surface area (Å²) in [7, 11) is 1.21. The van der Waals surface area contributed by atoms with Crippen LogP contribution in [0.5, 0.6) is 0 Å². The van der Waals surface area contributed by atoms with Gasteiger partial charge >= 0.3 is 5.97 Å². The number of nitrogens with zero attached hydrogens (tertiary/aromatic N) is 3. The van der Waals surface area contributed by atoms with Crippen molar-refractivity contribution in [2.45, 2.75) is 18.8 Å². The molecule has 0 unspecified atom stereocenters. The summed E-state index contributed by atoms with van der Waals surface area (Å²) in [5.74, 6) is 0.261. The standard InChI is InChI=1S/C20H19N3O5/c1-27-20(24)15-12-14(6-7-17(15)23(25)26)22-10-8-13(9-11-22)19-21-16-4-2-3-5-18(16)28-19/h2-7,12-13H,8-11H2,1H3. The zero-order valence-electron chi connectivity index (χ0n) is 15.3. The summed E-state index contributed by atoms with van der Waals surface area (Å²) in [6.45, 7) is 1.48. The van der Waals surface area contributed by atoms with Crippen molar-refractivity contribution in [1.29, 1.82) is 0 Å². The van der Waals surface area contributed by atoms with Crippen LogP contribution in [-0.4, -0.2) is 36.1 Å². The van der Waals surface area contributed by atoms with E-state index in [-0.39, 0.29) is 17.2 Å². The molecule has 28 heavy (non-hydrogen) atoms. The SMILES string of the molecule is COC(=O)c1cc(N2CCC(c3nc4ccccc4o3)CC2)ccc1[N+](=O)[O-]. The second-order valence-electron chi connectivity index (χ2n) is 6.73. The molecule has 1 fully saturated rings. The Morgan fingerprint density at radius 1 is 1.25 bits per heavy atom. The van der Waals surface area contributed by atoms with E-state index in [0.717, 1.165) is 48.6 Å². The Balaban J connectivity index is 1.51. The van der Waals surface area contributed by atoms with E-state index in [4.69, 9.17) is 9.15 Å². The summed E-state index contributed by atoms with van der Waals surface area (Å²) in [5.41, 5.74) is 2.13. The van der Waals surface area contributed by atoms with Crippen LogP contribution in [-0.2, 0) is 4.74 Å². The van der Waals surface area contributed by atoms with Crippen LogP contribution < -0.4 is 4.90 Å². The number of ether oxygens (including phenoxy) is 1. The number of aromatic nitrogens is 1. The number of anilines is 1. The summed E-state index contributed by atoms with van der Waals surface area (Å²) in [6, 6.07) is 12.3. The molecule has 0 atom stereocenters. The first-order valence-corrected chi connectivity index (χ1v) is 9.04. The highest BCUT2D eigenvalue weighted by molar-refractivity contribution is 5.95. The molecule has 0 saturated carbocycles. The Hall–Kier alpha value is -3.42. The van der Waals surface area contributed by atoms with Crippen molar-refractivity contribution in [3.05, 3.63) is 64.0 Å². The molecule has 1 aromatic heterocycles. The molecule has 4 rings (SSSR count). The number of hydrogen-bond acceptors (Lipinski definition) is 7. The van der Waals surface area contributed by atoms with Gasteiger partial charge in [0.1, 0.15) is 11.1 Å². The van der Waals surface area contributed by atoms with Crippen molar-refractivity contribution in [1.82, 2.24) is 4.98 Å². The lowest BCUT2D eigenvalue weighted by Gasteiger charge is -2.32. The van der Waals surface area contributed by atoms with Gasteiger partial charge in [-0.2, -0.15) is 0 Å². The summed E-state index contributed by atoms with van der Waals surface area (Å²) >= 11 is 0. The number of oxazole rings is 1. The summed E-state index contributed by atoms with van der Waals surface area (Å²) in [6.07, 6.45) is 1.69. The Morgan fingerprint density at radius 3 is 2.68 bits per heavy atom. The molecule has 0 N–H and O–H groups in total. The topological polar surface area (TPSA) is 98.7 Å². The average molecular weight is 381 g/mol. The molecule has 144 valence electrons. The molecule has 1 aliphatic rings. The van der Waals surface area contributed by atoms with Gasteiger partial charge in [-0.3, -0.25) is 10.1 Å². The first-order chi connectivity index (χ1) is 13.6. The Labute approximate surface area is 160 Å². The second kappa shape index (κ2) is 7.30. The minimum Gasteiger partial charge on any atom is -0.465 e. The van der Waals surface area contributed by atoms with Gasteiger partial charge in [-0.15, -0.1) is 0 Å². The van der Waals surface area contributed by atoms with Gasteiger partial charge in [-0.25, -0.2) is 9.78 Å². The molecule has 0 radical (unpaired) electrons. The smallest absolute Gasteiger partial charge is 0.344 e. The van der Waals surface area contributed by atoms with E-state index in [1.807, 2.05) is 24.3 Å². The number of carbonyl (C=O) groups excluding carboxylic acids is 1. The van der Waals surface area contributed by atoms with Crippen LogP contribution in [0.1, 0.15) is 35.0 Å². The lowest BCUT2D eigenvalue weighted by Crippen LogP contribution is -2.33. The van der Waals surface area contributed by atoms with Crippen molar-refractivity contribution >= 4 is 28.4 Å². The Bertz CT molecular complexity index is 1000. The summed E-state index contributed by atoms with van der Waals surface area (Å²) in [5, 5.41) is 11.2. The van der Waals surface area contributed by atoms with Gasteiger partial charge in [0, 0.05) is 30.8 Å². The lowest BCUT2D eigenvalue weighted by molar-refractivity contribution is -0.385. The van der Waals surface area contributed by atoms with Crippen molar-refractivity contribution in [2.75, 3.05) is 25.1 Å². The van der Waals surface area contributed by atoms with E-state index in [1.165, 1.54) is 19.2 Å². The zero-order valence-corrected chi connectivity index (χ0v) is 15.3. The van der Waals surface area contributed by atoms with Gasteiger partial charge in [0.15, 0.2) is 11.5 Å². The molecule has 0 bridgehead atoms. The van der Waals surface area contributed by atoms with Crippen LogP contribution in [0.2, 0.25) is 0 Å². The third-order valence-corrected chi connectivity index (χ3v) is 5.10. The maximum Gasteiger partial charge on any atom is 0.344 e. The fourth-order valence-corrected chi connectivity index (χ4v) is 3.60. The number of carbonyl (C=O) groups is 1. The predicted molar refractivity (Wildman–Crippen MR) is 103 cm³/mol. The van der Waals surface area contributed by atoms with E-state index >= 15 is 0 Å². The van der Waals surface area contributed by atoms with Crippen molar-refractivity contribution in [2.24, 2.45) is 0 Å². The highest BCUT2D eigenvalue weighted by Gasteiger charge is 2.27. The van der Waals surface area contributed by atoms with Gasteiger partial charge in [0.25, 0.3) is 5.69 Å². The molecule has 8 nitrogen and oxygen atoms in total. The van der Waals surface area contributed by atoms with Crippen LogP contribution in [0.3, 0.4) is 0 Å². The number of fused-ring (bicyclic) bond motifs is 1. The maximum atomic E-state index is 11.9. The van der Waals surface area contributed by atoms with Crippen LogP contribution in [0.4, 0.5) is 11.4 Å². The molecule has 8 heteroatoms. The molecule has 0 aliphatic carbocycles. The van der Waals surface area contributed by atoms with E-state index in [0.29, 0.717) is 0 Å². The predicted octanol–water partition coefficient (Wildman–Crippen LogP) is 3.91. The van der Waals surface area contributed by atoms with Crippen molar-refractivity contribution in [3.8, 4) is 0 Å². The number of methoxy groups -OCH3 is 1. The third kappa shape index (κ3) is 3.28. The monoisotopic (exact) mass is 381 g/mol. The average Bonchev–Trinajstić information content (AvgIpc) is 3.17. The number of esters is 1. The minimum atomic E-state index is -0.713. The van der Waals surface area contributed by atoms with E-state index in [9.17, 15) is 14.9 Å². The minimum absolute atomic E-state index is 0.0360. The van der Waals surface area contributed by atoms with Gasteiger partial charge in [-0.1, -0.05) is 12.1 Å². The number of para-hydroxylation sites is 2. The Morgan fingerprint density at radius 2 is 2.00 bits per heavy atom.